The van der Waals surface area contributed by atoms with E-state index in [1.54, 1.807) is 22.8 Å². The molecule has 0 bridgehead atoms. The fourth-order valence-electron chi connectivity index (χ4n) is 4.04. The van der Waals surface area contributed by atoms with Crippen molar-refractivity contribution in [3.05, 3.63) is 65.7 Å². The van der Waals surface area contributed by atoms with Gasteiger partial charge in [0.15, 0.2) is 18.6 Å². The molecular weight excluding hydrogens is 356 g/mol. The van der Waals surface area contributed by atoms with Crippen LogP contribution in [0.5, 0.6) is 0 Å². The normalized spacial score (nSPS) is 13.6. The average molecular weight is 374 g/mol. The molecule has 0 saturated carbocycles. The molecule has 5 rings (SSSR count). The zero-order valence-electron chi connectivity index (χ0n) is 15.2. The Morgan fingerprint density at radius 3 is 2.89 bits per heavy atom. The molecule has 4 aromatic rings. The molecule has 1 aliphatic rings. The lowest BCUT2D eigenvalue weighted by molar-refractivity contribution is 0.0449. The predicted molar refractivity (Wildman–Crippen MR) is 103 cm³/mol. The minimum atomic E-state index is -0.552. The molecule has 0 saturated heterocycles. The first kappa shape index (κ1) is 16.7. The van der Waals surface area contributed by atoms with Crippen molar-refractivity contribution in [2.24, 2.45) is 0 Å². The van der Waals surface area contributed by atoms with E-state index >= 15 is 0 Å². The van der Waals surface area contributed by atoms with Crippen LogP contribution in [0.3, 0.4) is 0 Å². The van der Waals surface area contributed by atoms with E-state index in [4.69, 9.17) is 9.15 Å². The predicted octanol–water partition coefficient (Wildman–Crippen LogP) is 4.16. The second-order valence-corrected chi connectivity index (χ2v) is 6.99. The monoisotopic (exact) mass is 374 g/mol. The molecule has 0 spiro atoms. The molecule has 0 unspecified atom stereocenters. The molecule has 0 radical (unpaired) electrons. The highest BCUT2D eigenvalue weighted by molar-refractivity contribution is 5.98. The maximum absolute atomic E-state index is 13.0. The van der Waals surface area contributed by atoms with Gasteiger partial charge in [0.1, 0.15) is 5.52 Å². The first-order valence-corrected chi connectivity index (χ1v) is 9.37. The van der Waals surface area contributed by atoms with E-state index in [-0.39, 0.29) is 12.5 Å². The lowest BCUT2D eigenvalue weighted by atomic mass is 9.95. The van der Waals surface area contributed by atoms with Gasteiger partial charge in [-0.15, -0.1) is 0 Å². The number of hydrogen-bond acceptors (Lipinski definition) is 5. The Hall–Kier alpha value is -3.41. The van der Waals surface area contributed by atoms with Crippen molar-refractivity contribution in [1.29, 1.82) is 0 Å². The van der Waals surface area contributed by atoms with Gasteiger partial charge in [0, 0.05) is 11.1 Å². The number of esters is 1. The Balaban J connectivity index is 1.40. The fraction of sp³-hybridized carbons (Fsp3) is 0.227. The molecule has 2 aromatic carbocycles. The first-order valence-electron chi connectivity index (χ1n) is 9.37. The molecule has 0 fully saturated rings. The van der Waals surface area contributed by atoms with Crippen LogP contribution < -0.4 is 0 Å². The molecule has 28 heavy (non-hydrogen) atoms. The van der Waals surface area contributed by atoms with E-state index in [1.807, 2.05) is 18.2 Å². The van der Waals surface area contributed by atoms with Crippen LogP contribution in [-0.4, -0.2) is 28.0 Å². The summed E-state index contributed by atoms with van der Waals surface area (Å²) >= 11 is 0. The maximum atomic E-state index is 13.0. The van der Waals surface area contributed by atoms with E-state index < -0.39 is 5.97 Å². The Morgan fingerprint density at radius 1 is 1.11 bits per heavy atom. The Labute approximate surface area is 160 Å². The number of oxazole rings is 1. The summed E-state index contributed by atoms with van der Waals surface area (Å²) in [5.74, 6) is -0.779. The molecule has 2 heterocycles. The van der Waals surface area contributed by atoms with Gasteiger partial charge in [0.25, 0.3) is 5.91 Å². The molecular formula is C22H18N2O4. The van der Waals surface area contributed by atoms with Crippen molar-refractivity contribution < 1.29 is 18.7 Å². The van der Waals surface area contributed by atoms with E-state index in [9.17, 15) is 9.59 Å². The number of ether oxygens (including phenoxy) is 1. The largest absolute Gasteiger partial charge is 0.452 e. The van der Waals surface area contributed by atoms with Crippen LogP contribution in [0, 0.1) is 0 Å². The highest BCUT2D eigenvalue weighted by Crippen LogP contribution is 2.32. The first-order chi connectivity index (χ1) is 13.7. The van der Waals surface area contributed by atoms with Gasteiger partial charge in [-0.05, 0) is 55.5 Å². The van der Waals surface area contributed by atoms with Crippen LogP contribution in [0.1, 0.15) is 39.3 Å². The van der Waals surface area contributed by atoms with Crippen LogP contribution in [0.4, 0.5) is 0 Å². The molecule has 2 aromatic heterocycles. The van der Waals surface area contributed by atoms with Crippen LogP contribution in [0.25, 0.3) is 22.0 Å². The number of aryl methyl sites for hydroxylation is 1. The smallest absolute Gasteiger partial charge is 0.338 e. The molecule has 6 heteroatoms. The third-order valence-electron chi connectivity index (χ3n) is 5.32. The van der Waals surface area contributed by atoms with Crippen LogP contribution >= 0.6 is 0 Å². The van der Waals surface area contributed by atoms with Crippen molar-refractivity contribution in [2.45, 2.75) is 25.7 Å². The average Bonchev–Trinajstić information content (AvgIpc) is 3.33. The number of para-hydroxylation sites is 1. The second-order valence-electron chi connectivity index (χ2n) is 6.99. The Morgan fingerprint density at radius 2 is 1.96 bits per heavy atom. The number of fused-ring (bicyclic) bond motifs is 4. The molecule has 0 amide bonds. The number of rotatable bonds is 3. The SMILES string of the molecule is O=C(OCC(=O)n1c2c(c3ccccc31)CCCC2)c1ccc2ocnc2c1. The molecule has 0 aliphatic heterocycles. The summed E-state index contributed by atoms with van der Waals surface area (Å²) in [6, 6.07) is 12.8. The summed E-state index contributed by atoms with van der Waals surface area (Å²) in [7, 11) is 0. The highest BCUT2D eigenvalue weighted by Gasteiger charge is 2.24. The summed E-state index contributed by atoms with van der Waals surface area (Å²) in [5, 5.41) is 1.12. The molecule has 0 N–H and O–H groups in total. The van der Waals surface area contributed by atoms with E-state index in [0.29, 0.717) is 16.7 Å². The number of benzene rings is 2. The molecule has 0 atom stereocenters. The van der Waals surface area contributed by atoms with Crippen LogP contribution in [-0.2, 0) is 17.6 Å². The van der Waals surface area contributed by atoms with Crippen LogP contribution in [0.2, 0.25) is 0 Å². The maximum Gasteiger partial charge on any atom is 0.338 e. The van der Waals surface area contributed by atoms with Gasteiger partial charge in [0.2, 0.25) is 0 Å². The zero-order valence-corrected chi connectivity index (χ0v) is 15.2. The third-order valence-corrected chi connectivity index (χ3v) is 5.32. The fourth-order valence-corrected chi connectivity index (χ4v) is 4.04. The van der Waals surface area contributed by atoms with Gasteiger partial charge in [-0.25, -0.2) is 9.78 Å². The Kier molecular flexibility index (Phi) is 3.97. The minimum Gasteiger partial charge on any atom is -0.452 e. The number of carbonyl (C=O) groups is 2. The summed E-state index contributed by atoms with van der Waals surface area (Å²) in [6.07, 6.45) is 5.37. The number of aromatic nitrogens is 2. The Bertz CT molecular complexity index is 1220. The van der Waals surface area contributed by atoms with Crippen molar-refractivity contribution in [3.8, 4) is 0 Å². The van der Waals surface area contributed by atoms with Gasteiger partial charge in [0.05, 0.1) is 11.1 Å². The summed E-state index contributed by atoms with van der Waals surface area (Å²) in [4.78, 5) is 29.4. The van der Waals surface area contributed by atoms with Crippen molar-refractivity contribution in [3.63, 3.8) is 0 Å². The summed E-state index contributed by atoms with van der Waals surface area (Å²) < 4.78 is 12.2. The minimum absolute atomic E-state index is 0.227. The van der Waals surface area contributed by atoms with Gasteiger partial charge in [-0.1, -0.05) is 18.2 Å². The van der Waals surface area contributed by atoms with Gasteiger partial charge in [-0.2, -0.15) is 0 Å². The van der Waals surface area contributed by atoms with Crippen LogP contribution in [0.15, 0.2) is 53.3 Å². The molecule has 6 nitrogen and oxygen atoms in total. The third kappa shape index (κ3) is 2.69. The van der Waals surface area contributed by atoms with Gasteiger partial charge in [-0.3, -0.25) is 9.36 Å². The lowest BCUT2D eigenvalue weighted by Crippen LogP contribution is -2.22. The summed E-state index contributed by atoms with van der Waals surface area (Å²) in [6.45, 7) is -0.305. The summed E-state index contributed by atoms with van der Waals surface area (Å²) in [5.41, 5.74) is 4.70. The molecule has 140 valence electrons. The standard InChI is InChI=1S/C22H18N2O4/c25-21(12-27-22(26)14-9-10-20-17(11-14)23-13-28-20)24-18-7-3-1-5-15(18)16-6-2-4-8-19(16)24/h1,3,5,7,9-11,13H,2,4,6,8,12H2. The lowest BCUT2D eigenvalue weighted by Gasteiger charge is -2.15. The van der Waals surface area contributed by atoms with Gasteiger partial charge >= 0.3 is 5.97 Å². The quantitative estimate of drug-likeness (QED) is 0.504. The number of nitrogens with zero attached hydrogens (tertiary/aromatic N) is 2. The van der Waals surface area contributed by atoms with E-state index in [1.165, 1.54) is 12.0 Å². The number of hydrogen-bond donors (Lipinski definition) is 0. The van der Waals surface area contributed by atoms with Crippen molar-refractivity contribution in [2.75, 3.05) is 6.61 Å². The van der Waals surface area contributed by atoms with E-state index in [0.717, 1.165) is 42.3 Å². The highest BCUT2D eigenvalue weighted by atomic mass is 16.5. The topological polar surface area (TPSA) is 74.3 Å². The number of carbonyl (C=O) groups excluding carboxylic acids is 2. The second kappa shape index (κ2) is 6.64. The van der Waals surface area contributed by atoms with Crippen molar-refractivity contribution in [1.82, 2.24) is 9.55 Å². The van der Waals surface area contributed by atoms with Crippen molar-refractivity contribution >= 4 is 33.9 Å². The van der Waals surface area contributed by atoms with Gasteiger partial charge < -0.3 is 9.15 Å². The zero-order chi connectivity index (χ0) is 19.1. The van der Waals surface area contributed by atoms with E-state index in [2.05, 4.69) is 11.1 Å². The molecule has 1 aliphatic carbocycles.